The zero-order chi connectivity index (χ0) is 26.6. The average Bonchev–Trinajstić information content (AvgIpc) is 3.35. The Kier molecular flexibility index (Phi) is 7.51. The molecule has 1 aliphatic heterocycles. The summed E-state index contributed by atoms with van der Waals surface area (Å²) in [4.78, 5) is 18.6. The molecule has 0 spiro atoms. The number of aromatic nitrogens is 3. The van der Waals surface area contributed by atoms with Gasteiger partial charge in [0, 0.05) is 24.8 Å². The van der Waals surface area contributed by atoms with E-state index in [1.807, 2.05) is 53.0 Å². The van der Waals surface area contributed by atoms with Crippen LogP contribution in [0.5, 0.6) is 23.0 Å². The molecule has 0 N–H and O–H groups in total. The topological polar surface area (TPSA) is 78.7 Å². The smallest absolute Gasteiger partial charge is 0.246 e. The molecule has 1 amide bonds. The summed E-state index contributed by atoms with van der Waals surface area (Å²) in [6.45, 7) is 7.37. The summed E-state index contributed by atoms with van der Waals surface area (Å²) in [6, 6.07) is 13.1. The van der Waals surface area contributed by atoms with E-state index in [0.29, 0.717) is 47.7 Å². The number of fused-ring (bicyclic) bond motifs is 1. The average molecular weight is 533 g/mol. The van der Waals surface area contributed by atoms with Crippen LogP contribution in [0.15, 0.2) is 67.5 Å². The van der Waals surface area contributed by atoms with Gasteiger partial charge in [0.05, 0.1) is 31.3 Å². The van der Waals surface area contributed by atoms with Crippen LogP contribution in [0.4, 0.5) is 0 Å². The van der Waals surface area contributed by atoms with Crippen molar-refractivity contribution in [3.05, 3.63) is 72.5 Å². The molecule has 0 saturated carbocycles. The maximum Gasteiger partial charge on any atom is 0.246 e. The van der Waals surface area contributed by atoms with Crippen molar-refractivity contribution in [3.63, 3.8) is 0 Å². The van der Waals surface area contributed by atoms with Gasteiger partial charge in [-0.1, -0.05) is 24.2 Å². The lowest BCUT2D eigenvalue weighted by atomic mass is 10.1. The molecule has 9 heteroatoms. The van der Waals surface area contributed by atoms with E-state index < -0.39 is 0 Å². The highest BCUT2D eigenvalue weighted by Crippen LogP contribution is 2.39. The van der Waals surface area contributed by atoms with Crippen molar-refractivity contribution in [1.82, 2.24) is 19.7 Å². The Morgan fingerprint density at radius 2 is 1.95 bits per heavy atom. The Morgan fingerprint density at radius 1 is 1.16 bits per heavy atom. The fraction of sp³-hybridized carbons (Fsp3) is 0.276. The zero-order valence-corrected chi connectivity index (χ0v) is 22.1. The summed E-state index contributed by atoms with van der Waals surface area (Å²) in [5.41, 5.74) is 2.56. The highest BCUT2D eigenvalue weighted by molar-refractivity contribution is 6.33. The van der Waals surface area contributed by atoms with Crippen molar-refractivity contribution >= 4 is 28.4 Å². The molecule has 1 fully saturated rings. The predicted molar refractivity (Wildman–Crippen MR) is 147 cm³/mol. The number of likely N-dealkylation sites (tertiary alicyclic amines) is 1. The van der Waals surface area contributed by atoms with Crippen molar-refractivity contribution in [2.24, 2.45) is 0 Å². The van der Waals surface area contributed by atoms with Crippen molar-refractivity contribution in [2.75, 3.05) is 26.8 Å². The molecule has 4 aromatic rings. The van der Waals surface area contributed by atoms with Crippen LogP contribution in [0.1, 0.15) is 25.8 Å². The fourth-order valence-corrected chi connectivity index (χ4v) is 5.05. The van der Waals surface area contributed by atoms with E-state index >= 15 is 0 Å². The number of hydrogen-bond donors (Lipinski definition) is 0. The van der Waals surface area contributed by atoms with Crippen molar-refractivity contribution < 1.29 is 19.0 Å². The lowest BCUT2D eigenvalue weighted by molar-refractivity contribution is -0.127. The lowest BCUT2D eigenvalue weighted by Gasteiger charge is -2.32. The second-order valence-corrected chi connectivity index (χ2v) is 9.32. The summed E-state index contributed by atoms with van der Waals surface area (Å²) in [5, 5.41) is 6.34. The van der Waals surface area contributed by atoms with Crippen LogP contribution in [-0.2, 0) is 4.79 Å². The van der Waals surface area contributed by atoms with E-state index in [4.69, 9.17) is 30.9 Å². The van der Waals surface area contributed by atoms with Crippen LogP contribution in [-0.4, -0.2) is 52.4 Å². The second-order valence-electron chi connectivity index (χ2n) is 8.94. The largest absolute Gasteiger partial charge is 0.495 e. The fourth-order valence-electron chi connectivity index (χ4n) is 4.81. The number of benzene rings is 2. The van der Waals surface area contributed by atoms with Crippen LogP contribution >= 0.6 is 11.6 Å². The SMILES string of the molecule is C=CC(=O)N1CCCC(n2nc(-c3ccc(Oc4cccc(OC)c4Cl)cc3)c3cncc(OCC)c32)C1. The molecular formula is C29H29ClN4O4. The predicted octanol–water partition coefficient (Wildman–Crippen LogP) is 6.30. The molecule has 2 aromatic heterocycles. The van der Waals surface area contributed by atoms with E-state index in [2.05, 4.69) is 11.6 Å². The minimum Gasteiger partial charge on any atom is -0.495 e. The van der Waals surface area contributed by atoms with Gasteiger partial charge >= 0.3 is 0 Å². The van der Waals surface area contributed by atoms with Crippen LogP contribution in [0, 0.1) is 0 Å². The van der Waals surface area contributed by atoms with Crippen LogP contribution in [0.25, 0.3) is 22.2 Å². The van der Waals surface area contributed by atoms with Gasteiger partial charge in [0.2, 0.25) is 5.91 Å². The van der Waals surface area contributed by atoms with E-state index in [9.17, 15) is 4.79 Å². The standard InChI is InChI=1S/C29H29ClN4O4/c1-4-26(35)33-15-7-8-20(18-33)34-29-22(16-31-17-25(29)37-5-2)28(32-34)19-11-13-21(14-12-19)38-24-10-6-9-23(36-3)27(24)30/h4,6,9-14,16-17,20H,1,5,7-8,15,18H2,2-3H3. The van der Waals surface area contributed by atoms with Crippen LogP contribution in [0.3, 0.4) is 0 Å². The molecule has 0 aliphatic carbocycles. The molecule has 1 unspecified atom stereocenters. The molecular weight excluding hydrogens is 504 g/mol. The number of carbonyl (C=O) groups is 1. The lowest BCUT2D eigenvalue weighted by Crippen LogP contribution is -2.40. The third kappa shape index (κ3) is 4.91. The molecule has 0 bridgehead atoms. The first-order valence-electron chi connectivity index (χ1n) is 12.5. The van der Waals surface area contributed by atoms with Gasteiger partial charge in [0.25, 0.3) is 0 Å². The number of nitrogens with zero attached hydrogens (tertiary/aromatic N) is 4. The number of amides is 1. The number of halogens is 1. The Labute approximate surface area is 226 Å². The Morgan fingerprint density at radius 3 is 2.68 bits per heavy atom. The van der Waals surface area contributed by atoms with Gasteiger partial charge in [-0.3, -0.25) is 14.5 Å². The Balaban J connectivity index is 1.51. The molecule has 8 nitrogen and oxygen atoms in total. The normalized spacial score (nSPS) is 15.3. The Hall–Kier alpha value is -4.04. The van der Waals surface area contributed by atoms with Crippen molar-refractivity contribution in [2.45, 2.75) is 25.8 Å². The van der Waals surface area contributed by atoms with E-state index in [0.717, 1.165) is 35.0 Å². The van der Waals surface area contributed by atoms with Gasteiger partial charge in [0.15, 0.2) is 5.75 Å². The first-order valence-corrected chi connectivity index (χ1v) is 12.9. The molecule has 38 heavy (non-hydrogen) atoms. The van der Waals surface area contributed by atoms with Crippen molar-refractivity contribution in [3.8, 4) is 34.3 Å². The number of hydrogen-bond acceptors (Lipinski definition) is 6. The maximum absolute atomic E-state index is 12.3. The van der Waals surface area contributed by atoms with Gasteiger partial charge in [-0.15, -0.1) is 0 Å². The molecule has 1 aliphatic rings. The number of ether oxygens (including phenoxy) is 3. The Bertz CT molecular complexity index is 1470. The summed E-state index contributed by atoms with van der Waals surface area (Å²) in [6.07, 6.45) is 6.69. The second kappa shape index (κ2) is 11.1. The molecule has 2 aromatic carbocycles. The number of piperidine rings is 1. The summed E-state index contributed by atoms with van der Waals surface area (Å²) >= 11 is 6.40. The van der Waals surface area contributed by atoms with Gasteiger partial charge < -0.3 is 19.1 Å². The number of carbonyl (C=O) groups excluding carboxylic acids is 1. The zero-order valence-electron chi connectivity index (χ0n) is 21.4. The summed E-state index contributed by atoms with van der Waals surface area (Å²) in [7, 11) is 1.57. The first-order chi connectivity index (χ1) is 18.5. The molecule has 5 rings (SSSR count). The number of pyridine rings is 1. The number of rotatable bonds is 8. The minimum absolute atomic E-state index is 0.00307. The minimum atomic E-state index is -0.0650. The summed E-state index contributed by atoms with van der Waals surface area (Å²) < 4.78 is 19.2. The third-order valence-electron chi connectivity index (χ3n) is 6.61. The monoisotopic (exact) mass is 532 g/mol. The van der Waals surface area contributed by atoms with Crippen LogP contribution < -0.4 is 14.2 Å². The molecule has 196 valence electrons. The van der Waals surface area contributed by atoms with Crippen LogP contribution in [0.2, 0.25) is 5.02 Å². The highest BCUT2D eigenvalue weighted by Gasteiger charge is 2.28. The van der Waals surface area contributed by atoms with Gasteiger partial charge in [-0.25, -0.2) is 0 Å². The van der Waals surface area contributed by atoms with Gasteiger partial charge in [0.1, 0.15) is 33.5 Å². The van der Waals surface area contributed by atoms with Crippen molar-refractivity contribution in [1.29, 1.82) is 0 Å². The highest BCUT2D eigenvalue weighted by atomic mass is 35.5. The number of methoxy groups -OCH3 is 1. The molecule has 1 atom stereocenters. The molecule has 0 radical (unpaired) electrons. The maximum atomic E-state index is 12.3. The summed E-state index contributed by atoms with van der Waals surface area (Å²) in [5.74, 6) is 2.29. The third-order valence-corrected chi connectivity index (χ3v) is 6.98. The van der Waals surface area contributed by atoms with Gasteiger partial charge in [-0.2, -0.15) is 5.10 Å². The molecule has 3 heterocycles. The van der Waals surface area contributed by atoms with E-state index in [1.165, 1.54) is 6.08 Å². The van der Waals surface area contributed by atoms with E-state index in [-0.39, 0.29) is 11.9 Å². The first kappa shape index (κ1) is 25.6. The molecule has 1 saturated heterocycles. The quantitative estimate of drug-likeness (QED) is 0.248. The van der Waals surface area contributed by atoms with Gasteiger partial charge in [-0.05, 0) is 62.2 Å². The van der Waals surface area contributed by atoms with E-state index in [1.54, 1.807) is 25.4 Å².